The van der Waals surface area contributed by atoms with Crippen molar-refractivity contribution >= 4 is 22.8 Å². The number of aryl methyl sites for hydroxylation is 1. The van der Waals surface area contributed by atoms with E-state index in [2.05, 4.69) is 36.1 Å². The third-order valence-electron chi connectivity index (χ3n) is 5.83. The Balaban J connectivity index is 1.40. The Morgan fingerprint density at radius 3 is 2.59 bits per heavy atom. The number of amides is 2. The van der Waals surface area contributed by atoms with Crippen molar-refractivity contribution in [1.29, 1.82) is 0 Å². The predicted molar refractivity (Wildman–Crippen MR) is 107 cm³/mol. The predicted octanol–water partition coefficient (Wildman–Crippen LogP) is 2.90. The molecule has 6 heteroatoms. The first-order valence-electron chi connectivity index (χ1n) is 9.84. The van der Waals surface area contributed by atoms with Crippen LogP contribution in [-0.4, -0.2) is 73.3 Å². The molecule has 0 N–H and O–H groups in total. The fourth-order valence-electron chi connectivity index (χ4n) is 4.11. The van der Waals surface area contributed by atoms with Gasteiger partial charge in [-0.2, -0.15) is 0 Å². The second-order valence-electron chi connectivity index (χ2n) is 7.53. The number of urea groups is 1. The van der Waals surface area contributed by atoms with Crippen LogP contribution in [-0.2, 0) is 4.74 Å². The number of rotatable bonds is 2. The number of aromatic nitrogens is 1. The van der Waals surface area contributed by atoms with E-state index < -0.39 is 0 Å². The lowest BCUT2D eigenvalue weighted by atomic mass is 10.0. The number of piperidine rings is 1. The number of morpholine rings is 1. The van der Waals surface area contributed by atoms with Crippen LogP contribution < -0.4 is 4.90 Å². The minimum atomic E-state index is 0.136. The summed E-state index contributed by atoms with van der Waals surface area (Å²) in [5, 5.41) is 1.21. The molecule has 2 amide bonds. The standard InChI is InChI=1S/C21H28N4O2/c1-16-15-20(22-19-6-4-3-5-18(16)19)24-9-7-17(8-10-24)23(2)21(26)25-11-13-27-14-12-25/h3-6,15,17H,7-14H2,1-2H3. The molecule has 1 aromatic heterocycles. The number of carbonyl (C=O) groups is 1. The molecule has 2 saturated heterocycles. The van der Waals surface area contributed by atoms with E-state index in [9.17, 15) is 4.79 Å². The van der Waals surface area contributed by atoms with E-state index in [1.807, 2.05) is 22.9 Å². The van der Waals surface area contributed by atoms with Crippen LogP contribution in [0.4, 0.5) is 10.6 Å². The quantitative estimate of drug-likeness (QED) is 0.818. The number of pyridine rings is 1. The maximum Gasteiger partial charge on any atom is 0.320 e. The van der Waals surface area contributed by atoms with E-state index in [1.165, 1.54) is 10.9 Å². The van der Waals surface area contributed by atoms with E-state index in [1.54, 1.807) is 0 Å². The van der Waals surface area contributed by atoms with E-state index in [0.29, 0.717) is 26.3 Å². The van der Waals surface area contributed by atoms with Gasteiger partial charge in [-0.3, -0.25) is 0 Å². The summed E-state index contributed by atoms with van der Waals surface area (Å²) >= 11 is 0. The van der Waals surface area contributed by atoms with Crippen LogP contribution >= 0.6 is 0 Å². The van der Waals surface area contributed by atoms with Gasteiger partial charge in [-0.1, -0.05) is 18.2 Å². The van der Waals surface area contributed by atoms with Crippen molar-refractivity contribution in [1.82, 2.24) is 14.8 Å². The van der Waals surface area contributed by atoms with Gasteiger partial charge in [-0.05, 0) is 37.5 Å². The lowest BCUT2D eigenvalue weighted by molar-refractivity contribution is 0.0409. The molecular weight excluding hydrogens is 340 g/mol. The van der Waals surface area contributed by atoms with Crippen molar-refractivity contribution in [3.8, 4) is 0 Å². The molecule has 6 nitrogen and oxygen atoms in total. The molecule has 0 aliphatic carbocycles. The van der Waals surface area contributed by atoms with Gasteiger partial charge in [0.15, 0.2) is 0 Å². The molecule has 0 unspecified atom stereocenters. The van der Waals surface area contributed by atoms with Gasteiger partial charge >= 0.3 is 6.03 Å². The molecule has 4 rings (SSSR count). The molecule has 144 valence electrons. The summed E-state index contributed by atoms with van der Waals surface area (Å²) in [5.41, 5.74) is 2.31. The Labute approximate surface area is 160 Å². The Morgan fingerprint density at radius 2 is 1.85 bits per heavy atom. The maximum atomic E-state index is 12.7. The average Bonchev–Trinajstić information content (AvgIpc) is 2.73. The van der Waals surface area contributed by atoms with Gasteiger partial charge in [0, 0.05) is 44.7 Å². The molecule has 2 aliphatic rings. The summed E-state index contributed by atoms with van der Waals surface area (Å²) < 4.78 is 5.35. The van der Waals surface area contributed by atoms with Crippen LogP contribution in [0.1, 0.15) is 18.4 Å². The molecule has 3 heterocycles. The Hall–Kier alpha value is -2.34. The average molecular weight is 368 g/mol. The number of hydrogen-bond donors (Lipinski definition) is 0. The van der Waals surface area contributed by atoms with Gasteiger partial charge in [0.1, 0.15) is 5.82 Å². The van der Waals surface area contributed by atoms with Crippen LogP contribution in [0.5, 0.6) is 0 Å². The normalized spacial score (nSPS) is 18.7. The monoisotopic (exact) mass is 368 g/mol. The molecule has 0 atom stereocenters. The molecule has 2 fully saturated rings. The van der Waals surface area contributed by atoms with Crippen molar-refractivity contribution in [2.75, 3.05) is 51.3 Å². The zero-order valence-corrected chi connectivity index (χ0v) is 16.2. The van der Waals surface area contributed by atoms with Crippen molar-refractivity contribution in [3.05, 3.63) is 35.9 Å². The molecule has 0 bridgehead atoms. The van der Waals surface area contributed by atoms with E-state index in [0.717, 1.165) is 37.3 Å². The number of anilines is 1. The second kappa shape index (κ2) is 7.72. The van der Waals surface area contributed by atoms with Crippen LogP contribution in [0, 0.1) is 6.92 Å². The summed E-state index contributed by atoms with van der Waals surface area (Å²) in [6.45, 7) is 6.68. The molecule has 0 spiro atoms. The molecular formula is C21H28N4O2. The molecule has 0 saturated carbocycles. The van der Waals surface area contributed by atoms with Gasteiger partial charge in [0.2, 0.25) is 0 Å². The van der Waals surface area contributed by atoms with Crippen LogP contribution in [0.3, 0.4) is 0 Å². The highest BCUT2D eigenvalue weighted by atomic mass is 16.5. The number of ether oxygens (including phenoxy) is 1. The number of fused-ring (bicyclic) bond motifs is 1. The van der Waals surface area contributed by atoms with Gasteiger partial charge in [0.25, 0.3) is 0 Å². The van der Waals surface area contributed by atoms with Crippen molar-refractivity contribution < 1.29 is 9.53 Å². The summed E-state index contributed by atoms with van der Waals surface area (Å²) in [7, 11) is 1.94. The molecule has 2 aliphatic heterocycles. The SMILES string of the molecule is Cc1cc(N2CCC(N(C)C(=O)N3CCOCC3)CC2)nc2ccccc12. The smallest absolute Gasteiger partial charge is 0.320 e. The van der Waals surface area contributed by atoms with Gasteiger partial charge in [0.05, 0.1) is 18.7 Å². The van der Waals surface area contributed by atoms with Crippen molar-refractivity contribution in [2.24, 2.45) is 0 Å². The van der Waals surface area contributed by atoms with E-state index >= 15 is 0 Å². The summed E-state index contributed by atoms with van der Waals surface area (Å²) in [6.07, 6.45) is 1.94. The third-order valence-corrected chi connectivity index (χ3v) is 5.83. The first-order chi connectivity index (χ1) is 13.1. The number of carbonyl (C=O) groups excluding carboxylic acids is 1. The highest BCUT2D eigenvalue weighted by molar-refractivity contribution is 5.83. The highest BCUT2D eigenvalue weighted by Crippen LogP contribution is 2.26. The number of nitrogens with zero attached hydrogens (tertiary/aromatic N) is 4. The fourth-order valence-corrected chi connectivity index (χ4v) is 4.11. The third kappa shape index (κ3) is 3.72. The topological polar surface area (TPSA) is 48.9 Å². The van der Waals surface area contributed by atoms with Crippen LogP contribution in [0.2, 0.25) is 0 Å². The minimum absolute atomic E-state index is 0.136. The largest absolute Gasteiger partial charge is 0.378 e. The maximum absolute atomic E-state index is 12.7. The summed E-state index contributed by atoms with van der Waals surface area (Å²) in [4.78, 5) is 23.8. The van der Waals surface area contributed by atoms with Gasteiger partial charge in [-0.15, -0.1) is 0 Å². The van der Waals surface area contributed by atoms with Crippen LogP contribution in [0.15, 0.2) is 30.3 Å². The van der Waals surface area contributed by atoms with Gasteiger partial charge < -0.3 is 19.4 Å². The Morgan fingerprint density at radius 1 is 1.15 bits per heavy atom. The molecule has 1 aromatic carbocycles. The first-order valence-corrected chi connectivity index (χ1v) is 9.84. The number of benzene rings is 1. The summed E-state index contributed by atoms with van der Waals surface area (Å²) in [5.74, 6) is 1.05. The summed E-state index contributed by atoms with van der Waals surface area (Å²) in [6, 6.07) is 10.9. The van der Waals surface area contributed by atoms with Crippen molar-refractivity contribution in [3.63, 3.8) is 0 Å². The fraction of sp³-hybridized carbons (Fsp3) is 0.524. The van der Waals surface area contributed by atoms with E-state index in [-0.39, 0.29) is 12.1 Å². The number of para-hydroxylation sites is 1. The molecule has 2 aromatic rings. The first kappa shape index (κ1) is 18.0. The van der Waals surface area contributed by atoms with Crippen molar-refractivity contribution in [2.45, 2.75) is 25.8 Å². The van der Waals surface area contributed by atoms with Gasteiger partial charge in [-0.25, -0.2) is 9.78 Å². The Bertz CT molecular complexity index is 811. The highest BCUT2D eigenvalue weighted by Gasteiger charge is 2.29. The Kier molecular flexibility index (Phi) is 5.16. The zero-order chi connectivity index (χ0) is 18.8. The number of hydrogen-bond acceptors (Lipinski definition) is 4. The minimum Gasteiger partial charge on any atom is -0.378 e. The molecule has 27 heavy (non-hydrogen) atoms. The van der Waals surface area contributed by atoms with Crippen LogP contribution in [0.25, 0.3) is 10.9 Å². The lowest BCUT2D eigenvalue weighted by Crippen LogP contribution is -2.52. The van der Waals surface area contributed by atoms with E-state index in [4.69, 9.17) is 9.72 Å². The second-order valence-corrected chi connectivity index (χ2v) is 7.53. The lowest BCUT2D eigenvalue weighted by Gasteiger charge is -2.40. The zero-order valence-electron chi connectivity index (χ0n) is 16.2. The molecule has 0 radical (unpaired) electrons.